The molecule has 0 radical (unpaired) electrons. The number of anilines is 2. The van der Waals surface area contributed by atoms with Gasteiger partial charge in [-0.3, -0.25) is 14.4 Å². The number of piperazine rings is 1. The van der Waals surface area contributed by atoms with Gasteiger partial charge in [0, 0.05) is 37.7 Å². The average molecular weight is 446 g/mol. The fraction of sp³-hybridized carbons (Fsp3) is 0.500. The highest BCUT2D eigenvalue weighted by atomic mass is 19.1. The minimum absolute atomic E-state index is 0.217. The molecule has 1 amide bonds. The van der Waals surface area contributed by atoms with Gasteiger partial charge < -0.3 is 24.5 Å². The summed E-state index contributed by atoms with van der Waals surface area (Å²) in [6.45, 7) is 6.55. The number of amides is 1. The highest BCUT2D eigenvalue weighted by molar-refractivity contribution is 5.89. The summed E-state index contributed by atoms with van der Waals surface area (Å²) in [7, 11) is 0. The predicted molar refractivity (Wildman–Crippen MR) is 112 cm³/mol. The number of nitrogens with zero attached hydrogens (tertiary/aromatic N) is 6. The summed E-state index contributed by atoms with van der Waals surface area (Å²) in [6, 6.07) is 5.09. The molecule has 2 saturated heterocycles. The number of benzene rings is 1. The summed E-state index contributed by atoms with van der Waals surface area (Å²) in [6.07, 6.45) is 0.942. The van der Waals surface area contributed by atoms with Crippen LogP contribution in [-0.2, 0) is 11.3 Å². The van der Waals surface area contributed by atoms with Crippen molar-refractivity contribution in [3.05, 3.63) is 40.3 Å². The molecule has 11 nitrogen and oxygen atoms in total. The molecule has 32 heavy (non-hydrogen) atoms. The molecule has 2 fully saturated rings. The van der Waals surface area contributed by atoms with Crippen LogP contribution < -0.4 is 14.5 Å². The van der Waals surface area contributed by atoms with Crippen LogP contribution in [0.5, 0.6) is 6.01 Å². The fourth-order valence-electron chi connectivity index (χ4n) is 4.53. The molecule has 4 heterocycles. The number of carbonyl (C=O) groups is 1. The largest absolute Gasteiger partial charge is 0.447 e. The van der Waals surface area contributed by atoms with Crippen LogP contribution in [0.1, 0.15) is 6.92 Å². The zero-order chi connectivity index (χ0) is 22.5. The Labute approximate surface area is 183 Å². The molecule has 1 aromatic heterocycles. The van der Waals surface area contributed by atoms with Gasteiger partial charge in [-0.05, 0) is 30.0 Å². The van der Waals surface area contributed by atoms with Gasteiger partial charge in [0.15, 0.2) is 0 Å². The van der Waals surface area contributed by atoms with Gasteiger partial charge in [0.05, 0.1) is 24.5 Å². The molecule has 0 aliphatic carbocycles. The Morgan fingerprint density at radius 3 is 2.66 bits per heavy atom. The molecule has 1 aromatic carbocycles. The fourth-order valence-corrected chi connectivity index (χ4v) is 4.53. The number of nitro groups is 1. The highest BCUT2D eigenvalue weighted by Crippen LogP contribution is 2.32. The van der Waals surface area contributed by atoms with E-state index in [1.807, 2.05) is 11.8 Å². The van der Waals surface area contributed by atoms with Crippen molar-refractivity contribution < 1.29 is 23.6 Å². The minimum Gasteiger partial charge on any atom is -0.447 e. The highest BCUT2D eigenvalue weighted by Gasteiger charge is 2.42. The number of aromatic nitrogens is 2. The number of cyclic esters (lactones) is 1. The standard InChI is InChI=1S/C20H23FN6O5/c1-20(13-25-11-17(27(29)30)22-18(25)32-20)12-23-4-6-24(7-5-23)16-3-2-14(10-15(16)21)26-8-9-31-19(26)28/h2-3,10-11H,4-9,12-13H2,1H3. The minimum atomic E-state index is -0.534. The molecule has 12 heteroatoms. The lowest BCUT2D eigenvalue weighted by atomic mass is 10.1. The summed E-state index contributed by atoms with van der Waals surface area (Å²) in [5.74, 6) is -0.584. The van der Waals surface area contributed by atoms with Gasteiger partial charge in [-0.15, -0.1) is 0 Å². The first-order valence-electron chi connectivity index (χ1n) is 10.4. The number of ether oxygens (including phenoxy) is 2. The zero-order valence-corrected chi connectivity index (χ0v) is 17.6. The van der Waals surface area contributed by atoms with Crippen LogP contribution in [0.4, 0.5) is 26.4 Å². The number of halogens is 1. The van der Waals surface area contributed by atoms with Gasteiger partial charge in [-0.2, -0.15) is 0 Å². The van der Waals surface area contributed by atoms with Crippen molar-refractivity contribution in [3.8, 4) is 6.01 Å². The van der Waals surface area contributed by atoms with Crippen molar-refractivity contribution in [1.82, 2.24) is 14.5 Å². The summed E-state index contributed by atoms with van der Waals surface area (Å²) < 4.78 is 27.3. The monoisotopic (exact) mass is 446 g/mol. The topological polar surface area (TPSA) is 106 Å². The molecule has 0 spiro atoms. The van der Waals surface area contributed by atoms with E-state index >= 15 is 0 Å². The van der Waals surface area contributed by atoms with E-state index in [1.165, 1.54) is 17.2 Å². The molecule has 2 aromatic rings. The number of hydrogen-bond acceptors (Lipinski definition) is 8. The van der Waals surface area contributed by atoms with E-state index in [4.69, 9.17) is 9.47 Å². The number of fused-ring (bicyclic) bond motifs is 1. The van der Waals surface area contributed by atoms with Crippen molar-refractivity contribution in [2.75, 3.05) is 55.7 Å². The van der Waals surface area contributed by atoms with Crippen LogP contribution in [0, 0.1) is 15.9 Å². The van der Waals surface area contributed by atoms with Gasteiger partial charge in [-0.1, -0.05) is 0 Å². The van der Waals surface area contributed by atoms with E-state index in [9.17, 15) is 19.3 Å². The third-order valence-corrected chi connectivity index (χ3v) is 6.03. The first kappa shape index (κ1) is 20.5. The molecule has 3 aliphatic rings. The molecule has 5 rings (SSSR count). The van der Waals surface area contributed by atoms with E-state index in [0.717, 1.165) is 13.1 Å². The Balaban J connectivity index is 1.18. The predicted octanol–water partition coefficient (Wildman–Crippen LogP) is 1.86. The molecule has 170 valence electrons. The third kappa shape index (κ3) is 3.70. The quantitative estimate of drug-likeness (QED) is 0.506. The van der Waals surface area contributed by atoms with Crippen molar-refractivity contribution in [3.63, 3.8) is 0 Å². The van der Waals surface area contributed by atoms with Gasteiger partial charge in [0.25, 0.3) is 0 Å². The van der Waals surface area contributed by atoms with Crippen LogP contribution in [0.2, 0.25) is 0 Å². The molecule has 0 saturated carbocycles. The Bertz CT molecular complexity index is 1040. The molecule has 0 N–H and O–H groups in total. The summed E-state index contributed by atoms with van der Waals surface area (Å²) in [5, 5.41) is 10.9. The normalized spacial score (nSPS) is 23.2. The Hall–Kier alpha value is -3.41. The van der Waals surface area contributed by atoms with Gasteiger partial charge in [0.2, 0.25) is 0 Å². The number of hydrogen-bond donors (Lipinski definition) is 0. The smallest absolute Gasteiger partial charge is 0.415 e. The lowest BCUT2D eigenvalue weighted by Crippen LogP contribution is -2.53. The maximum atomic E-state index is 14.8. The average Bonchev–Trinajstić information content (AvgIpc) is 3.42. The molecule has 0 bridgehead atoms. The lowest BCUT2D eigenvalue weighted by molar-refractivity contribution is -0.389. The summed E-state index contributed by atoms with van der Waals surface area (Å²) in [5.41, 5.74) is 0.477. The maximum absolute atomic E-state index is 14.8. The first-order valence-corrected chi connectivity index (χ1v) is 10.4. The van der Waals surface area contributed by atoms with Crippen LogP contribution >= 0.6 is 0 Å². The van der Waals surface area contributed by atoms with Gasteiger partial charge in [-0.25, -0.2) is 9.18 Å². The SMILES string of the molecule is CC1(CN2CCN(c3ccc(N4CCOC4=O)cc3F)CC2)Cn2cc([N+](=O)[O-])nc2O1. The second kappa shape index (κ2) is 7.62. The van der Waals surface area contributed by atoms with E-state index in [1.54, 1.807) is 16.7 Å². The van der Waals surface area contributed by atoms with E-state index in [-0.39, 0.29) is 17.6 Å². The Kier molecular flexibility index (Phi) is 4.88. The molecular formula is C20H23FN6O5. The van der Waals surface area contributed by atoms with Crippen molar-refractivity contribution >= 4 is 23.3 Å². The molecule has 1 atom stereocenters. The number of rotatable bonds is 5. The summed E-state index contributed by atoms with van der Waals surface area (Å²) in [4.78, 5) is 31.6. The maximum Gasteiger partial charge on any atom is 0.415 e. The molecule has 3 aliphatic heterocycles. The third-order valence-electron chi connectivity index (χ3n) is 6.03. The van der Waals surface area contributed by atoms with E-state index in [0.29, 0.717) is 50.7 Å². The van der Waals surface area contributed by atoms with Crippen LogP contribution in [0.15, 0.2) is 24.4 Å². The summed E-state index contributed by atoms with van der Waals surface area (Å²) >= 11 is 0. The van der Waals surface area contributed by atoms with Crippen molar-refractivity contribution in [2.45, 2.75) is 19.1 Å². The van der Waals surface area contributed by atoms with E-state index in [2.05, 4.69) is 9.88 Å². The van der Waals surface area contributed by atoms with Crippen molar-refractivity contribution in [1.29, 1.82) is 0 Å². The van der Waals surface area contributed by atoms with Crippen LogP contribution in [0.25, 0.3) is 0 Å². The lowest BCUT2D eigenvalue weighted by Gasteiger charge is -2.39. The van der Waals surface area contributed by atoms with Crippen LogP contribution in [-0.4, -0.2) is 76.9 Å². The zero-order valence-electron chi connectivity index (χ0n) is 17.6. The first-order chi connectivity index (χ1) is 15.3. The van der Waals surface area contributed by atoms with Gasteiger partial charge >= 0.3 is 17.9 Å². The second-order valence-corrected chi connectivity index (χ2v) is 8.48. The Morgan fingerprint density at radius 2 is 2.03 bits per heavy atom. The van der Waals surface area contributed by atoms with Crippen molar-refractivity contribution in [2.24, 2.45) is 0 Å². The van der Waals surface area contributed by atoms with Gasteiger partial charge in [0.1, 0.15) is 24.2 Å². The Morgan fingerprint density at radius 1 is 1.25 bits per heavy atom. The number of carbonyl (C=O) groups excluding carboxylic acids is 1. The van der Waals surface area contributed by atoms with Crippen LogP contribution in [0.3, 0.4) is 0 Å². The van der Waals surface area contributed by atoms with E-state index < -0.39 is 16.6 Å². The number of imidazole rings is 1. The second-order valence-electron chi connectivity index (χ2n) is 8.48. The molecule has 1 unspecified atom stereocenters. The molecular weight excluding hydrogens is 423 g/mol.